The lowest BCUT2D eigenvalue weighted by atomic mass is 9.98. The molecule has 1 aromatic rings. The van der Waals surface area contributed by atoms with Gasteiger partial charge in [0.15, 0.2) is 0 Å². The van der Waals surface area contributed by atoms with Crippen molar-refractivity contribution in [2.45, 2.75) is 38.6 Å². The second-order valence-corrected chi connectivity index (χ2v) is 5.55. The van der Waals surface area contributed by atoms with E-state index in [-0.39, 0.29) is 6.61 Å². The fourth-order valence-corrected chi connectivity index (χ4v) is 3.20. The van der Waals surface area contributed by atoms with Crippen LogP contribution in [0.15, 0.2) is 0 Å². The van der Waals surface area contributed by atoms with Crippen molar-refractivity contribution in [3.05, 3.63) is 11.6 Å². The molecule has 3 rings (SSSR count). The molecule has 2 aliphatic rings. The molecule has 1 N–H and O–H groups in total. The minimum absolute atomic E-state index is 0.273. The van der Waals surface area contributed by atoms with Gasteiger partial charge >= 0.3 is 0 Å². The number of hydrogen-bond acceptors (Lipinski definition) is 4. The van der Waals surface area contributed by atoms with Crippen LogP contribution in [0.1, 0.15) is 37.3 Å². The molecule has 1 fully saturated rings. The first kappa shape index (κ1) is 12.1. The van der Waals surface area contributed by atoms with Crippen molar-refractivity contribution in [2.75, 3.05) is 26.2 Å². The van der Waals surface area contributed by atoms with E-state index < -0.39 is 0 Å². The first-order chi connectivity index (χ1) is 8.81. The van der Waals surface area contributed by atoms with Crippen molar-refractivity contribution in [1.29, 1.82) is 0 Å². The van der Waals surface area contributed by atoms with Gasteiger partial charge in [-0.05, 0) is 31.8 Å². The summed E-state index contributed by atoms with van der Waals surface area (Å²) < 4.78 is 2.30. The van der Waals surface area contributed by atoms with Crippen LogP contribution in [-0.2, 0) is 13.0 Å². The largest absolute Gasteiger partial charge is 0.396 e. The van der Waals surface area contributed by atoms with Gasteiger partial charge in [0.05, 0.1) is 0 Å². The molecule has 0 saturated carbocycles. The van der Waals surface area contributed by atoms with Gasteiger partial charge in [-0.3, -0.25) is 0 Å². The van der Waals surface area contributed by atoms with Crippen LogP contribution in [0, 0.1) is 5.92 Å². The van der Waals surface area contributed by atoms with Crippen LogP contribution in [0.25, 0.3) is 0 Å². The number of hydrogen-bond donors (Lipinski definition) is 1. The molecule has 0 bridgehead atoms. The molecule has 1 aromatic heterocycles. The van der Waals surface area contributed by atoms with E-state index in [0.717, 1.165) is 38.3 Å². The van der Waals surface area contributed by atoms with Crippen molar-refractivity contribution < 1.29 is 5.11 Å². The van der Waals surface area contributed by atoms with E-state index in [1.807, 2.05) is 0 Å². The van der Waals surface area contributed by atoms with Gasteiger partial charge in [-0.15, -0.1) is 10.2 Å². The Morgan fingerprint density at radius 2 is 2.17 bits per heavy atom. The maximum atomic E-state index is 9.24. The standard InChI is InChI=1S/C13H22N4O/c1-2-16-5-4-11(8-16)13-15-14-12-7-10(9-18)3-6-17(12)13/h10-11,18H,2-9H2,1H3. The molecule has 100 valence electrons. The highest BCUT2D eigenvalue weighted by Crippen LogP contribution is 2.29. The number of likely N-dealkylation sites (N-methyl/N-ethyl adjacent to an activating group) is 1. The first-order valence-electron chi connectivity index (χ1n) is 7.07. The summed E-state index contributed by atoms with van der Waals surface area (Å²) in [4.78, 5) is 2.48. The van der Waals surface area contributed by atoms with Crippen LogP contribution < -0.4 is 0 Å². The van der Waals surface area contributed by atoms with Crippen LogP contribution in [-0.4, -0.2) is 51.0 Å². The number of nitrogens with zero attached hydrogens (tertiary/aromatic N) is 4. The minimum Gasteiger partial charge on any atom is -0.396 e. The van der Waals surface area contributed by atoms with E-state index in [0.29, 0.717) is 11.8 Å². The van der Waals surface area contributed by atoms with Gasteiger partial charge in [0.1, 0.15) is 11.6 Å². The number of fused-ring (bicyclic) bond motifs is 1. The molecular weight excluding hydrogens is 228 g/mol. The summed E-state index contributed by atoms with van der Waals surface area (Å²) in [7, 11) is 0. The normalized spacial score (nSPS) is 28.6. The Bertz CT molecular complexity index is 417. The third-order valence-electron chi connectivity index (χ3n) is 4.43. The first-order valence-corrected chi connectivity index (χ1v) is 7.07. The molecule has 5 heteroatoms. The van der Waals surface area contributed by atoms with E-state index >= 15 is 0 Å². The van der Waals surface area contributed by atoms with E-state index in [1.165, 1.54) is 18.8 Å². The van der Waals surface area contributed by atoms with Gasteiger partial charge in [-0.2, -0.15) is 0 Å². The van der Waals surface area contributed by atoms with Crippen molar-refractivity contribution in [1.82, 2.24) is 19.7 Å². The minimum atomic E-state index is 0.273. The van der Waals surface area contributed by atoms with Crippen LogP contribution >= 0.6 is 0 Å². The van der Waals surface area contributed by atoms with Crippen LogP contribution in [0.4, 0.5) is 0 Å². The summed E-state index contributed by atoms with van der Waals surface area (Å²) >= 11 is 0. The molecule has 0 aromatic carbocycles. The van der Waals surface area contributed by atoms with Gasteiger partial charge < -0.3 is 14.6 Å². The number of aliphatic hydroxyl groups is 1. The zero-order chi connectivity index (χ0) is 12.5. The molecule has 0 amide bonds. The number of aromatic nitrogens is 3. The van der Waals surface area contributed by atoms with Crippen molar-refractivity contribution in [3.63, 3.8) is 0 Å². The fourth-order valence-electron chi connectivity index (χ4n) is 3.20. The average molecular weight is 250 g/mol. The maximum Gasteiger partial charge on any atom is 0.137 e. The molecule has 2 atom stereocenters. The summed E-state index contributed by atoms with van der Waals surface area (Å²) in [5.41, 5.74) is 0. The molecule has 0 spiro atoms. The van der Waals surface area contributed by atoms with E-state index in [4.69, 9.17) is 0 Å². The van der Waals surface area contributed by atoms with Crippen LogP contribution in [0.3, 0.4) is 0 Å². The summed E-state index contributed by atoms with van der Waals surface area (Å²) in [6.45, 7) is 6.90. The van der Waals surface area contributed by atoms with Crippen molar-refractivity contribution in [3.8, 4) is 0 Å². The molecule has 5 nitrogen and oxygen atoms in total. The van der Waals surface area contributed by atoms with Gasteiger partial charge in [-0.1, -0.05) is 6.92 Å². The molecule has 3 heterocycles. The van der Waals surface area contributed by atoms with Crippen LogP contribution in [0.5, 0.6) is 0 Å². The van der Waals surface area contributed by atoms with Gasteiger partial charge in [0, 0.05) is 32.0 Å². The molecule has 2 aliphatic heterocycles. The third kappa shape index (κ3) is 2.06. The van der Waals surface area contributed by atoms with E-state index in [9.17, 15) is 5.11 Å². The Kier molecular flexibility index (Phi) is 3.35. The van der Waals surface area contributed by atoms with Gasteiger partial charge in [0.2, 0.25) is 0 Å². The Morgan fingerprint density at radius 3 is 2.89 bits per heavy atom. The third-order valence-corrected chi connectivity index (χ3v) is 4.43. The van der Waals surface area contributed by atoms with Crippen molar-refractivity contribution >= 4 is 0 Å². The lowest BCUT2D eigenvalue weighted by molar-refractivity contribution is 0.198. The van der Waals surface area contributed by atoms with Gasteiger partial charge in [0.25, 0.3) is 0 Å². The molecule has 18 heavy (non-hydrogen) atoms. The smallest absolute Gasteiger partial charge is 0.137 e. The topological polar surface area (TPSA) is 54.2 Å². The number of likely N-dealkylation sites (tertiary alicyclic amines) is 1. The van der Waals surface area contributed by atoms with Crippen molar-refractivity contribution in [2.24, 2.45) is 5.92 Å². The summed E-state index contributed by atoms with van der Waals surface area (Å²) in [6.07, 6.45) is 3.14. The van der Waals surface area contributed by atoms with Gasteiger partial charge in [-0.25, -0.2) is 0 Å². The SMILES string of the molecule is CCN1CCC(c2nnc3n2CCC(CO)C3)C1. The molecule has 1 saturated heterocycles. The highest BCUT2D eigenvalue weighted by atomic mass is 16.3. The lowest BCUT2D eigenvalue weighted by Gasteiger charge is -2.23. The Balaban J connectivity index is 1.77. The summed E-state index contributed by atoms with van der Waals surface area (Å²) in [5, 5.41) is 18.0. The van der Waals surface area contributed by atoms with E-state index in [1.54, 1.807) is 0 Å². The highest BCUT2D eigenvalue weighted by molar-refractivity contribution is 5.08. The summed E-state index contributed by atoms with van der Waals surface area (Å²) in [6, 6.07) is 0. The predicted octanol–water partition coefficient (Wildman–Crippen LogP) is 0.642. The molecule has 2 unspecified atom stereocenters. The second-order valence-electron chi connectivity index (χ2n) is 5.55. The molecule has 0 radical (unpaired) electrons. The Labute approximate surface area is 108 Å². The predicted molar refractivity (Wildman–Crippen MR) is 68.4 cm³/mol. The highest BCUT2D eigenvalue weighted by Gasteiger charge is 2.30. The zero-order valence-corrected chi connectivity index (χ0v) is 11.0. The monoisotopic (exact) mass is 250 g/mol. The Morgan fingerprint density at radius 1 is 1.28 bits per heavy atom. The zero-order valence-electron chi connectivity index (χ0n) is 11.0. The number of rotatable bonds is 3. The molecular formula is C13H22N4O. The van der Waals surface area contributed by atoms with E-state index in [2.05, 4.69) is 26.6 Å². The molecule has 0 aliphatic carbocycles. The van der Waals surface area contributed by atoms with Crippen LogP contribution in [0.2, 0.25) is 0 Å². The Hall–Kier alpha value is -0.940. The lowest BCUT2D eigenvalue weighted by Crippen LogP contribution is -2.25. The second kappa shape index (κ2) is 4.97. The maximum absolute atomic E-state index is 9.24. The summed E-state index contributed by atoms with van der Waals surface area (Å²) in [5.74, 6) is 3.18. The fraction of sp³-hybridized carbons (Fsp3) is 0.846. The average Bonchev–Trinajstić information content (AvgIpc) is 3.03. The quantitative estimate of drug-likeness (QED) is 0.855. The number of aliphatic hydroxyl groups excluding tert-OH is 1.